The zero-order valence-corrected chi connectivity index (χ0v) is 42.1. The molecule has 0 aliphatic heterocycles. The van der Waals surface area contributed by atoms with E-state index in [0.717, 1.165) is 51.5 Å². The summed E-state index contributed by atoms with van der Waals surface area (Å²) in [5.74, 6) is -1.06. The van der Waals surface area contributed by atoms with Crippen LogP contribution in [0.1, 0.15) is 175 Å². The Morgan fingerprint density at radius 2 is 0.780 bits per heavy atom. The summed E-state index contributed by atoms with van der Waals surface area (Å²) in [6.45, 7) is 13.1. The third kappa shape index (κ3) is 48.2. The van der Waals surface area contributed by atoms with Crippen LogP contribution in [-0.2, 0) is 47.6 Å². The average Bonchev–Trinajstić information content (AvgIpc) is 3.18. The predicted molar refractivity (Wildman–Crippen MR) is 229 cm³/mol. The molecule has 0 saturated heterocycles. The molecular weight excluding hydrogens is 782 g/mol. The molecule has 0 unspecified atom stereocenters. The van der Waals surface area contributed by atoms with Gasteiger partial charge < -0.3 is 45.4 Å². The maximum Gasteiger partial charge on any atom is 1.00 e. The molecule has 0 bridgehead atoms. The smallest absolute Gasteiger partial charge is 0.852 e. The summed E-state index contributed by atoms with van der Waals surface area (Å²) in [6, 6.07) is 0. The number of hydrogen-bond acceptors (Lipinski definition) is 12. The van der Waals surface area contributed by atoms with Crippen LogP contribution in [-0.4, -0.2) is 108 Å². The first-order chi connectivity index (χ1) is 28.0. The van der Waals surface area contributed by atoms with E-state index in [9.17, 15) is 24.3 Å². The van der Waals surface area contributed by atoms with Crippen molar-refractivity contribution in [3.8, 4) is 0 Å². The van der Waals surface area contributed by atoms with Crippen LogP contribution in [0, 0.1) is 18.8 Å². The number of rotatable bonds is 40. The summed E-state index contributed by atoms with van der Waals surface area (Å²) >= 11 is 0. The summed E-state index contributed by atoms with van der Waals surface area (Å²) in [6.07, 6.45) is 22.3. The predicted octanol–water partition coefficient (Wildman–Crippen LogP) is 5.59. The summed E-state index contributed by atoms with van der Waals surface area (Å²) < 4.78 is 31.1. The topological polar surface area (TPSA) is 150 Å². The van der Waals surface area contributed by atoms with Gasteiger partial charge in [-0.05, 0) is 58.2 Å². The fourth-order valence-corrected chi connectivity index (χ4v) is 6.33. The molecule has 0 aliphatic rings. The van der Waals surface area contributed by atoms with Gasteiger partial charge in [-0.2, -0.15) is 6.42 Å². The van der Waals surface area contributed by atoms with E-state index in [-0.39, 0.29) is 91.0 Å². The largest absolute Gasteiger partial charge is 1.00 e. The van der Waals surface area contributed by atoms with Crippen molar-refractivity contribution in [2.24, 2.45) is 11.8 Å². The molecule has 0 aromatic heterocycles. The molecule has 0 N–H and O–H groups in total. The number of ether oxygens (including phenoxy) is 6. The van der Waals surface area contributed by atoms with E-state index in [4.69, 9.17) is 28.4 Å². The maximum absolute atomic E-state index is 12.2. The van der Waals surface area contributed by atoms with E-state index in [1.807, 2.05) is 14.1 Å². The Morgan fingerprint density at radius 1 is 0.475 bits per heavy atom. The van der Waals surface area contributed by atoms with Gasteiger partial charge in [-0.25, -0.2) is 19.2 Å². The minimum atomic E-state index is -0.884. The van der Waals surface area contributed by atoms with Crippen molar-refractivity contribution in [3.05, 3.63) is 6.92 Å². The van der Waals surface area contributed by atoms with Crippen LogP contribution < -0.4 is 56.5 Å². The second-order valence-electron chi connectivity index (χ2n) is 15.7. The molecule has 12 nitrogen and oxygen atoms in total. The molecule has 59 heavy (non-hydrogen) atoms. The van der Waals surface area contributed by atoms with E-state index < -0.39 is 30.0 Å². The van der Waals surface area contributed by atoms with Crippen LogP contribution in [0.5, 0.6) is 0 Å². The van der Waals surface area contributed by atoms with Gasteiger partial charge in [-0.3, -0.25) is 0 Å². The first-order valence-electron chi connectivity index (χ1n) is 22.9. The third-order valence-electron chi connectivity index (χ3n) is 9.79. The Hall–Kier alpha value is -0.644. The van der Waals surface area contributed by atoms with Gasteiger partial charge in [0.1, 0.15) is 26.4 Å². The minimum Gasteiger partial charge on any atom is -0.852 e. The molecule has 0 heterocycles. The second-order valence-corrected chi connectivity index (χ2v) is 15.7. The molecule has 344 valence electrons. The number of hydrogen-bond donors (Lipinski definition) is 0. The molecule has 0 fully saturated rings. The second kappa shape index (κ2) is 48.4. The monoisotopic (exact) mass is 869 g/mol. The zero-order valence-electron chi connectivity index (χ0n) is 39.0. The molecular formula is C46H87KNO11-. The molecule has 0 aromatic carbocycles. The fraction of sp³-hybridized carbons (Fsp3) is 0.891. The van der Waals surface area contributed by atoms with E-state index >= 15 is 0 Å². The van der Waals surface area contributed by atoms with Crippen LogP contribution >= 0.6 is 0 Å². The normalized spacial score (nSPS) is 11.1. The molecule has 0 amide bonds. The van der Waals surface area contributed by atoms with Gasteiger partial charge in [0.25, 0.3) is 0 Å². The Kier molecular flexibility index (Phi) is 51.4. The van der Waals surface area contributed by atoms with Crippen LogP contribution in [0.25, 0.3) is 0 Å². The quantitative estimate of drug-likeness (QED) is 0.0249. The van der Waals surface area contributed by atoms with Gasteiger partial charge in [0, 0.05) is 0 Å². The fourth-order valence-electron chi connectivity index (χ4n) is 6.33. The van der Waals surface area contributed by atoms with Crippen LogP contribution in [0.3, 0.4) is 0 Å². The molecule has 0 atom stereocenters. The zero-order chi connectivity index (χ0) is 43.5. The van der Waals surface area contributed by atoms with Crippen LogP contribution in [0.2, 0.25) is 0 Å². The van der Waals surface area contributed by atoms with Crippen molar-refractivity contribution >= 4 is 23.9 Å². The van der Waals surface area contributed by atoms with Crippen molar-refractivity contribution < 1.29 is 104 Å². The van der Waals surface area contributed by atoms with Gasteiger partial charge in [-0.1, -0.05) is 143 Å². The number of esters is 4. The van der Waals surface area contributed by atoms with Gasteiger partial charge in [0.15, 0.2) is 0 Å². The standard InChI is InChI=1S/C41H75O11.C5H12N.K/c1-5-9-13-19-35(20-14-10-6-2)25-29-51-40(45)33-47-31-38(43)49-27-17-23-37(42)24-18-28-50-39(44)32-48-34-41(46)52-30-26-36(21-15-11-7-3)22-16-12-8-4;1-4-5-6(2)3;/h35-37H,5-34H2,1-4H3;1,4-5H2,2-3H3;/q2*-1;+1. The van der Waals surface area contributed by atoms with E-state index in [1.165, 1.54) is 77.0 Å². The minimum absolute atomic E-state index is 0. The molecule has 0 aliphatic carbocycles. The van der Waals surface area contributed by atoms with E-state index in [2.05, 4.69) is 39.5 Å². The molecule has 0 spiro atoms. The number of nitrogens with zero attached hydrogens (tertiary/aromatic N) is 1. The average molecular weight is 869 g/mol. The van der Waals surface area contributed by atoms with Crippen molar-refractivity contribution in [3.63, 3.8) is 0 Å². The Morgan fingerprint density at radius 3 is 1.03 bits per heavy atom. The molecule has 0 rings (SSSR count). The van der Waals surface area contributed by atoms with Gasteiger partial charge in [0.2, 0.25) is 0 Å². The number of carbonyl (C=O) groups excluding carboxylic acids is 4. The van der Waals surface area contributed by atoms with Gasteiger partial charge in [-0.15, -0.1) is 6.10 Å². The Bertz CT molecular complexity index is 868. The molecule has 0 saturated carbocycles. The van der Waals surface area contributed by atoms with Crippen molar-refractivity contribution in [2.45, 2.75) is 181 Å². The van der Waals surface area contributed by atoms with Crippen molar-refractivity contribution in [2.75, 3.05) is 73.5 Å². The van der Waals surface area contributed by atoms with Crippen LogP contribution in [0.15, 0.2) is 0 Å². The molecule has 0 aromatic rings. The first-order valence-corrected chi connectivity index (χ1v) is 22.9. The van der Waals surface area contributed by atoms with Crippen molar-refractivity contribution in [1.82, 2.24) is 4.90 Å². The molecule has 0 radical (unpaired) electrons. The Labute approximate surface area is 403 Å². The van der Waals surface area contributed by atoms with Crippen molar-refractivity contribution in [1.29, 1.82) is 0 Å². The summed E-state index contributed by atoms with van der Waals surface area (Å²) in [7, 11) is 4.09. The Balaban J connectivity index is -0.00000413. The third-order valence-corrected chi connectivity index (χ3v) is 9.79. The van der Waals surface area contributed by atoms with E-state index in [1.54, 1.807) is 0 Å². The number of unbranched alkanes of at least 4 members (excludes halogenated alkanes) is 8. The SMILES string of the molecule is CCCCCC(CCCCC)CCOC(=O)COCC(=O)OCCCC([O-])CCCOC(=O)COCC(=O)OCCC(CCCCC)CCCCC.[CH2-]CCN(C)C.[K+]. The maximum atomic E-state index is 12.2. The molecule has 13 heteroatoms. The summed E-state index contributed by atoms with van der Waals surface area (Å²) in [4.78, 5) is 49.9. The summed E-state index contributed by atoms with van der Waals surface area (Å²) in [5, 5.41) is 12.2. The number of carbonyl (C=O) groups is 4. The van der Waals surface area contributed by atoms with E-state index in [0.29, 0.717) is 50.7 Å². The van der Waals surface area contributed by atoms with Gasteiger partial charge >= 0.3 is 75.3 Å². The van der Waals surface area contributed by atoms with Crippen LogP contribution in [0.4, 0.5) is 0 Å². The first kappa shape index (κ1) is 62.6. The van der Waals surface area contributed by atoms with Gasteiger partial charge in [0.05, 0.1) is 26.4 Å². The summed E-state index contributed by atoms with van der Waals surface area (Å²) in [5.41, 5.74) is 0.